The molecule has 6 heteroatoms. The lowest BCUT2D eigenvalue weighted by molar-refractivity contribution is -0.167. The number of rotatable bonds is 67. The molecule has 0 spiro atoms. The summed E-state index contributed by atoms with van der Waals surface area (Å²) in [6.45, 7) is 6.72. The van der Waals surface area contributed by atoms with Gasteiger partial charge >= 0.3 is 17.9 Å². The second-order valence-electron chi connectivity index (χ2n) is 24.5. The van der Waals surface area contributed by atoms with Crippen LogP contribution in [0.15, 0.2) is 12.2 Å². The van der Waals surface area contributed by atoms with Gasteiger partial charge < -0.3 is 14.2 Å². The van der Waals surface area contributed by atoms with E-state index in [0.717, 1.165) is 57.8 Å². The molecule has 0 fully saturated rings. The first-order valence-corrected chi connectivity index (χ1v) is 35.7. The van der Waals surface area contributed by atoms with Crippen molar-refractivity contribution in [2.24, 2.45) is 0 Å². The Kier molecular flexibility index (Phi) is 66.0. The van der Waals surface area contributed by atoms with E-state index in [-0.39, 0.29) is 31.1 Å². The first kappa shape index (κ1) is 76.1. The largest absolute Gasteiger partial charge is 0.462 e. The fourth-order valence-electron chi connectivity index (χ4n) is 11.2. The van der Waals surface area contributed by atoms with Gasteiger partial charge in [0.1, 0.15) is 13.2 Å². The summed E-state index contributed by atoms with van der Waals surface area (Å²) in [5.41, 5.74) is 0. The van der Waals surface area contributed by atoms with Crippen LogP contribution in [0.2, 0.25) is 0 Å². The fourth-order valence-corrected chi connectivity index (χ4v) is 11.2. The molecule has 1 atom stereocenters. The molecule has 0 aromatic rings. The van der Waals surface area contributed by atoms with E-state index in [2.05, 4.69) is 32.9 Å². The molecular weight excluding hydrogens is 961 g/mol. The van der Waals surface area contributed by atoms with Gasteiger partial charge in [0.05, 0.1) is 0 Å². The Hall–Kier alpha value is -1.85. The highest BCUT2D eigenvalue weighted by molar-refractivity contribution is 5.71. The number of hydrogen-bond acceptors (Lipinski definition) is 6. The lowest BCUT2D eigenvalue weighted by Gasteiger charge is -2.18. The molecule has 0 saturated heterocycles. The minimum absolute atomic E-state index is 0.0649. The molecule has 462 valence electrons. The summed E-state index contributed by atoms with van der Waals surface area (Å²) in [6, 6.07) is 0. The van der Waals surface area contributed by atoms with Crippen molar-refractivity contribution in [1.82, 2.24) is 0 Å². The second kappa shape index (κ2) is 67.7. The summed E-state index contributed by atoms with van der Waals surface area (Å²) < 4.78 is 17.0. The third-order valence-corrected chi connectivity index (χ3v) is 16.5. The highest BCUT2D eigenvalue weighted by Crippen LogP contribution is 2.19. The summed E-state index contributed by atoms with van der Waals surface area (Å²) in [5.74, 6) is -0.834. The molecule has 0 saturated carbocycles. The Labute approximate surface area is 488 Å². The van der Waals surface area contributed by atoms with Crippen LogP contribution < -0.4 is 0 Å². The Bertz CT molecular complexity index is 1210. The van der Waals surface area contributed by atoms with E-state index < -0.39 is 6.10 Å². The van der Waals surface area contributed by atoms with Crippen LogP contribution in [-0.2, 0) is 28.6 Å². The van der Waals surface area contributed by atoms with E-state index in [0.29, 0.717) is 19.3 Å². The van der Waals surface area contributed by atoms with Gasteiger partial charge in [-0.3, -0.25) is 14.4 Å². The number of carbonyl (C=O) groups excluding carboxylic acids is 3. The summed E-state index contributed by atoms with van der Waals surface area (Å²) in [5, 5.41) is 0. The zero-order valence-electron chi connectivity index (χ0n) is 53.2. The molecule has 0 aromatic heterocycles. The number of unbranched alkanes of at least 4 members (excludes halogenated alkanes) is 54. The van der Waals surface area contributed by atoms with Crippen molar-refractivity contribution in [2.45, 2.75) is 419 Å². The topological polar surface area (TPSA) is 78.9 Å². The van der Waals surface area contributed by atoms with E-state index in [4.69, 9.17) is 14.2 Å². The van der Waals surface area contributed by atoms with Crippen LogP contribution in [0.3, 0.4) is 0 Å². The van der Waals surface area contributed by atoms with Crippen LogP contribution in [0.25, 0.3) is 0 Å². The molecule has 1 unspecified atom stereocenters. The van der Waals surface area contributed by atoms with E-state index in [1.807, 2.05) is 0 Å². The minimum atomic E-state index is -0.769. The fraction of sp³-hybridized carbons (Fsp3) is 0.931. The molecule has 0 aliphatic heterocycles. The van der Waals surface area contributed by atoms with E-state index >= 15 is 0 Å². The Morgan fingerprint density at radius 3 is 0.641 bits per heavy atom. The molecule has 0 aromatic carbocycles. The summed E-state index contributed by atoms with van der Waals surface area (Å²) in [6.07, 6.45) is 81.0. The molecule has 0 aliphatic carbocycles. The number of esters is 3. The van der Waals surface area contributed by atoms with Gasteiger partial charge in [-0.15, -0.1) is 0 Å². The molecule has 0 radical (unpaired) electrons. The molecule has 0 aliphatic rings. The van der Waals surface area contributed by atoms with Crippen LogP contribution in [0.4, 0.5) is 0 Å². The van der Waals surface area contributed by atoms with E-state index in [9.17, 15) is 14.4 Å². The van der Waals surface area contributed by atoms with Crippen molar-refractivity contribution in [3.05, 3.63) is 12.2 Å². The average molecular weight is 1100 g/mol. The Morgan fingerprint density at radius 1 is 0.244 bits per heavy atom. The number of carbonyl (C=O) groups is 3. The zero-order valence-corrected chi connectivity index (χ0v) is 53.2. The molecule has 0 amide bonds. The maximum atomic E-state index is 12.9. The lowest BCUT2D eigenvalue weighted by atomic mass is 10.0. The number of allylic oxidation sites excluding steroid dienone is 2. The van der Waals surface area contributed by atoms with Gasteiger partial charge in [0, 0.05) is 19.3 Å². The third-order valence-electron chi connectivity index (χ3n) is 16.5. The molecule has 78 heavy (non-hydrogen) atoms. The second-order valence-corrected chi connectivity index (χ2v) is 24.5. The minimum Gasteiger partial charge on any atom is -0.462 e. The molecule has 0 heterocycles. The van der Waals surface area contributed by atoms with Crippen LogP contribution in [-0.4, -0.2) is 37.2 Å². The number of ether oxygens (including phenoxy) is 3. The quantitative estimate of drug-likeness (QED) is 0.0261. The highest BCUT2D eigenvalue weighted by atomic mass is 16.6. The molecular formula is C72H138O6. The smallest absolute Gasteiger partial charge is 0.306 e. The maximum absolute atomic E-state index is 12.9. The van der Waals surface area contributed by atoms with E-state index in [1.165, 1.54) is 315 Å². The standard InChI is InChI=1S/C72H138O6/c1-4-7-10-13-16-19-22-25-28-30-31-32-33-34-35-36-37-38-39-40-42-44-47-50-53-56-59-62-65-71(74)77-68-69(67-76-70(73)64-61-58-55-52-49-46-43-27-24-21-18-15-12-9-6-3)78-72(75)66-63-60-57-54-51-48-45-41-29-26-23-20-17-14-11-8-5-2/h26,29,69H,4-25,27-28,30-68H2,1-3H3/b29-26-. The van der Waals surface area contributed by atoms with Crippen LogP contribution in [0.1, 0.15) is 412 Å². The summed E-state index contributed by atoms with van der Waals surface area (Å²) in [7, 11) is 0. The lowest BCUT2D eigenvalue weighted by Crippen LogP contribution is -2.30. The normalized spacial score (nSPS) is 12.0. The Morgan fingerprint density at radius 2 is 0.423 bits per heavy atom. The average Bonchev–Trinajstić information content (AvgIpc) is 3.44. The van der Waals surface area contributed by atoms with Gasteiger partial charge in [-0.05, 0) is 44.9 Å². The first-order chi connectivity index (χ1) is 38.5. The van der Waals surface area contributed by atoms with Crippen LogP contribution >= 0.6 is 0 Å². The van der Waals surface area contributed by atoms with Crippen LogP contribution in [0, 0.1) is 0 Å². The number of hydrogen-bond donors (Lipinski definition) is 0. The van der Waals surface area contributed by atoms with Crippen LogP contribution in [0.5, 0.6) is 0 Å². The molecule has 0 rings (SSSR count). The van der Waals surface area contributed by atoms with Gasteiger partial charge in [-0.25, -0.2) is 0 Å². The van der Waals surface area contributed by atoms with Gasteiger partial charge in [0.2, 0.25) is 0 Å². The zero-order chi connectivity index (χ0) is 56.4. The van der Waals surface area contributed by atoms with Gasteiger partial charge in [0.25, 0.3) is 0 Å². The van der Waals surface area contributed by atoms with Gasteiger partial charge in [-0.1, -0.05) is 360 Å². The highest BCUT2D eigenvalue weighted by Gasteiger charge is 2.19. The van der Waals surface area contributed by atoms with E-state index in [1.54, 1.807) is 0 Å². The van der Waals surface area contributed by atoms with Gasteiger partial charge in [-0.2, -0.15) is 0 Å². The third kappa shape index (κ3) is 65.0. The van der Waals surface area contributed by atoms with Crippen molar-refractivity contribution in [1.29, 1.82) is 0 Å². The van der Waals surface area contributed by atoms with Crippen molar-refractivity contribution < 1.29 is 28.6 Å². The van der Waals surface area contributed by atoms with Crippen molar-refractivity contribution in [3.63, 3.8) is 0 Å². The molecule has 0 bridgehead atoms. The predicted octanol–water partition coefficient (Wildman–Crippen LogP) is 24.4. The van der Waals surface area contributed by atoms with Gasteiger partial charge in [0.15, 0.2) is 6.10 Å². The predicted molar refractivity (Wildman–Crippen MR) is 340 cm³/mol. The molecule has 6 nitrogen and oxygen atoms in total. The summed E-state index contributed by atoms with van der Waals surface area (Å²) in [4.78, 5) is 38.4. The summed E-state index contributed by atoms with van der Waals surface area (Å²) >= 11 is 0. The molecule has 0 N–H and O–H groups in total. The monoisotopic (exact) mass is 1100 g/mol. The SMILES string of the molecule is CCCCCCCC/C=C\CCCCCCCCCC(=O)OC(COC(=O)CCCCCCCCCCCCCCCCC)COC(=O)CCCCCCCCCCCCCCCCCCCCCCCCCCCCCC. The maximum Gasteiger partial charge on any atom is 0.306 e. The van der Waals surface area contributed by atoms with Crippen molar-refractivity contribution in [2.75, 3.05) is 13.2 Å². The van der Waals surface area contributed by atoms with Crippen molar-refractivity contribution >= 4 is 17.9 Å². The van der Waals surface area contributed by atoms with Crippen molar-refractivity contribution in [3.8, 4) is 0 Å². The first-order valence-electron chi connectivity index (χ1n) is 35.7. The Balaban J connectivity index is 4.18.